The Hall–Kier alpha value is -4.31. The van der Waals surface area contributed by atoms with E-state index in [1.54, 1.807) is 48.5 Å². The van der Waals surface area contributed by atoms with Crippen molar-refractivity contribution in [2.75, 3.05) is 52.9 Å². The van der Waals surface area contributed by atoms with Crippen molar-refractivity contribution in [1.29, 1.82) is 0 Å². The van der Waals surface area contributed by atoms with Crippen LogP contribution in [-0.2, 0) is 15.1 Å². The molecule has 0 saturated carbocycles. The predicted octanol–water partition coefficient (Wildman–Crippen LogP) is 4.66. The fourth-order valence-corrected chi connectivity index (χ4v) is 5.06. The molecule has 0 bridgehead atoms. The Morgan fingerprint density at radius 1 is 0.795 bits per heavy atom. The van der Waals surface area contributed by atoms with Crippen LogP contribution >= 0.6 is 11.6 Å². The molecule has 1 atom stereocenters. The first-order valence-electron chi connectivity index (χ1n) is 11.8. The summed E-state index contributed by atoms with van der Waals surface area (Å²) in [5.74, 6) is 1.27. The number of nitrogens with zero attached hydrogens (tertiary/aromatic N) is 1. The molecule has 206 valence electrons. The molecular weight excluding hydrogens is 528 g/mol. The Kier molecular flexibility index (Phi) is 7.96. The second-order valence-corrected chi connectivity index (χ2v) is 8.90. The zero-order valence-corrected chi connectivity index (χ0v) is 23.2. The van der Waals surface area contributed by atoms with E-state index in [0.29, 0.717) is 56.5 Å². The first kappa shape index (κ1) is 27.7. The number of rotatable bonds is 10. The summed E-state index contributed by atoms with van der Waals surface area (Å²) in [6.07, 6.45) is -0.135. The lowest BCUT2D eigenvalue weighted by Gasteiger charge is -2.51. The molecule has 0 radical (unpaired) electrons. The zero-order valence-electron chi connectivity index (χ0n) is 22.4. The number of hydrogen-bond donors (Lipinski definition) is 1. The summed E-state index contributed by atoms with van der Waals surface area (Å²) in [6.45, 7) is 0. The number of nitrogens with one attached hydrogen (secondary N) is 1. The summed E-state index contributed by atoms with van der Waals surface area (Å²) in [6, 6.07) is 13.3. The molecule has 1 saturated heterocycles. The molecule has 2 amide bonds. The van der Waals surface area contributed by atoms with E-state index >= 15 is 0 Å². The lowest BCUT2D eigenvalue weighted by atomic mass is 9.75. The molecule has 0 aromatic heterocycles. The van der Waals surface area contributed by atoms with Crippen LogP contribution in [0.25, 0.3) is 0 Å². The van der Waals surface area contributed by atoms with Gasteiger partial charge < -0.3 is 33.7 Å². The van der Waals surface area contributed by atoms with E-state index < -0.39 is 11.4 Å². The summed E-state index contributed by atoms with van der Waals surface area (Å²) in [5.41, 5.74) is -0.323. The Morgan fingerprint density at radius 2 is 1.28 bits per heavy atom. The number of methoxy groups -OCH3 is 6. The molecule has 0 spiro atoms. The van der Waals surface area contributed by atoms with Crippen LogP contribution in [0.3, 0.4) is 0 Å². The minimum atomic E-state index is -1.50. The minimum Gasteiger partial charge on any atom is -0.493 e. The van der Waals surface area contributed by atoms with Gasteiger partial charge in [-0.1, -0.05) is 29.8 Å². The van der Waals surface area contributed by atoms with Crippen LogP contribution in [0.4, 0.5) is 11.4 Å². The summed E-state index contributed by atoms with van der Waals surface area (Å²) in [4.78, 5) is 28.9. The van der Waals surface area contributed by atoms with Crippen LogP contribution in [0.15, 0.2) is 48.5 Å². The van der Waals surface area contributed by atoms with E-state index in [-0.39, 0.29) is 12.3 Å². The van der Waals surface area contributed by atoms with E-state index in [0.717, 1.165) is 0 Å². The number of anilines is 2. The smallest absolute Gasteiger partial charge is 0.255 e. The van der Waals surface area contributed by atoms with Gasteiger partial charge in [-0.3, -0.25) is 14.5 Å². The molecule has 1 aliphatic heterocycles. The molecule has 39 heavy (non-hydrogen) atoms. The highest BCUT2D eigenvalue weighted by Crippen LogP contribution is 2.51. The van der Waals surface area contributed by atoms with E-state index in [1.807, 2.05) is 0 Å². The molecule has 1 N–H and O–H groups in total. The molecule has 1 unspecified atom stereocenters. The fourth-order valence-electron chi connectivity index (χ4n) is 4.76. The minimum absolute atomic E-state index is 0.135. The number of halogens is 1. The number of hydrogen-bond acceptors (Lipinski definition) is 8. The Balaban J connectivity index is 1.88. The summed E-state index contributed by atoms with van der Waals surface area (Å²) in [5, 5.41) is 3.24. The number of carbonyl (C=O) groups is 2. The van der Waals surface area contributed by atoms with Crippen LogP contribution < -0.4 is 38.6 Å². The van der Waals surface area contributed by atoms with Gasteiger partial charge in [0, 0.05) is 40.5 Å². The van der Waals surface area contributed by atoms with Crippen molar-refractivity contribution in [3.63, 3.8) is 0 Å². The van der Waals surface area contributed by atoms with Gasteiger partial charge in [-0.25, -0.2) is 0 Å². The van der Waals surface area contributed by atoms with Gasteiger partial charge in [-0.05, 0) is 6.07 Å². The van der Waals surface area contributed by atoms with Gasteiger partial charge in [0.2, 0.25) is 17.4 Å². The standard InChI is InChI=1S/C28H29ClN2O8/c1-34-20-11-16(12-21(35-2)25(20)38-5)30-27(33)28(18-9-7-8-10-19(18)29)15-24(32)31(28)17-13-22(36-3)26(39-6)23(14-17)37-4/h7-14H,15H2,1-6H3,(H,30,33). The van der Waals surface area contributed by atoms with E-state index in [2.05, 4.69) is 5.32 Å². The van der Waals surface area contributed by atoms with E-state index in [9.17, 15) is 9.59 Å². The van der Waals surface area contributed by atoms with Gasteiger partial charge in [-0.15, -0.1) is 0 Å². The molecule has 1 fully saturated rings. The number of carbonyl (C=O) groups excluding carboxylic acids is 2. The lowest BCUT2D eigenvalue weighted by molar-refractivity contribution is -0.137. The van der Waals surface area contributed by atoms with Crippen molar-refractivity contribution in [3.8, 4) is 34.5 Å². The van der Waals surface area contributed by atoms with Crippen LogP contribution in [0.5, 0.6) is 34.5 Å². The Bertz CT molecular complexity index is 1360. The monoisotopic (exact) mass is 556 g/mol. The van der Waals surface area contributed by atoms with Crippen LogP contribution in [0.2, 0.25) is 5.02 Å². The quantitative estimate of drug-likeness (QED) is 0.359. The highest BCUT2D eigenvalue weighted by Gasteiger charge is 2.59. The maximum absolute atomic E-state index is 14.2. The second kappa shape index (κ2) is 11.2. The van der Waals surface area contributed by atoms with E-state index in [1.165, 1.54) is 47.6 Å². The van der Waals surface area contributed by atoms with Gasteiger partial charge in [-0.2, -0.15) is 0 Å². The average molecular weight is 557 g/mol. The SMILES string of the molecule is COc1cc(NC(=O)C2(c3ccccc3Cl)CC(=O)N2c2cc(OC)c(OC)c(OC)c2)cc(OC)c1OC. The molecule has 0 aliphatic carbocycles. The number of β-lactam (4-membered cyclic amide) rings is 1. The molecular formula is C28H29ClN2O8. The third kappa shape index (κ3) is 4.61. The molecule has 11 heteroatoms. The third-order valence-electron chi connectivity index (χ3n) is 6.56. The van der Waals surface area contributed by atoms with E-state index in [4.69, 9.17) is 40.0 Å². The van der Waals surface area contributed by atoms with Gasteiger partial charge in [0.1, 0.15) is 0 Å². The summed E-state index contributed by atoms with van der Waals surface area (Å²) in [7, 11) is 8.86. The summed E-state index contributed by atoms with van der Waals surface area (Å²) < 4.78 is 32.7. The van der Waals surface area contributed by atoms with Gasteiger partial charge >= 0.3 is 0 Å². The number of ether oxygens (including phenoxy) is 6. The van der Waals surface area contributed by atoms with Crippen molar-refractivity contribution >= 4 is 34.8 Å². The average Bonchev–Trinajstić information content (AvgIpc) is 2.94. The van der Waals surface area contributed by atoms with Crippen molar-refractivity contribution in [1.82, 2.24) is 0 Å². The molecule has 1 heterocycles. The first-order valence-corrected chi connectivity index (χ1v) is 12.2. The lowest BCUT2D eigenvalue weighted by Crippen LogP contribution is -2.67. The molecule has 4 rings (SSSR count). The summed E-state index contributed by atoms with van der Waals surface area (Å²) >= 11 is 6.62. The zero-order chi connectivity index (χ0) is 28.3. The van der Waals surface area contributed by atoms with Crippen molar-refractivity contribution in [3.05, 3.63) is 59.1 Å². The van der Waals surface area contributed by atoms with Crippen LogP contribution in [0.1, 0.15) is 12.0 Å². The topological polar surface area (TPSA) is 105 Å². The van der Waals surface area contributed by atoms with Crippen molar-refractivity contribution in [2.45, 2.75) is 12.0 Å². The number of benzene rings is 3. The van der Waals surface area contributed by atoms with Crippen LogP contribution in [-0.4, -0.2) is 54.5 Å². The molecule has 3 aromatic rings. The highest BCUT2D eigenvalue weighted by atomic mass is 35.5. The molecule has 3 aromatic carbocycles. The maximum Gasteiger partial charge on any atom is 0.255 e. The van der Waals surface area contributed by atoms with Crippen molar-refractivity contribution in [2.24, 2.45) is 0 Å². The maximum atomic E-state index is 14.2. The van der Waals surface area contributed by atoms with Gasteiger partial charge in [0.05, 0.1) is 54.8 Å². The fraction of sp³-hybridized carbons (Fsp3) is 0.286. The van der Waals surface area contributed by atoms with Crippen molar-refractivity contribution < 1.29 is 38.0 Å². The van der Waals surface area contributed by atoms with Crippen LogP contribution in [0, 0.1) is 0 Å². The Morgan fingerprint density at radius 3 is 1.72 bits per heavy atom. The highest BCUT2D eigenvalue weighted by molar-refractivity contribution is 6.32. The normalized spacial score (nSPS) is 16.2. The van der Waals surface area contributed by atoms with Gasteiger partial charge in [0.25, 0.3) is 5.91 Å². The van der Waals surface area contributed by atoms with Gasteiger partial charge in [0.15, 0.2) is 28.5 Å². The largest absolute Gasteiger partial charge is 0.493 e. The third-order valence-corrected chi connectivity index (χ3v) is 6.89. The Labute approximate surface area is 231 Å². The number of amides is 2. The molecule has 1 aliphatic rings. The predicted molar refractivity (Wildman–Crippen MR) is 146 cm³/mol. The first-order chi connectivity index (χ1) is 18.8. The second-order valence-electron chi connectivity index (χ2n) is 8.50. The molecule has 10 nitrogen and oxygen atoms in total.